The molecule has 1 aliphatic rings. The SMILES string of the molecule is CCC1CCCCN1c1nc(C)cc(Nc2ccc(OC)cc2)n1. The number of aromatic nitrogens is 2. The average molecular weight is 326 g/mol. The van der Waals surface area contributed by atoms with Crippen LogP contribution in [0.3, 0.4) is 0 Å². The van der Waals surface area contributed by atoms with Crippen LogP contribution in [-0.2, 0) is 0 Å². The van der Waals surface area contributed by atoms with E-state index in [-0.39, 0.29) is 0 Å². The first-order valence-corrected chi connectivity index (χ1v) is 8.73. The molecular formula is C19H26N4O. The second kappa shape index (κ2) is 7.51. The van der Waals surface area contributed by atoms with Gasteiger partial charge in [-0.15, -0.1) is 0 Å². The highest BCUT2D eigenvalue weighted by Crippen LogP contribution is 2.26. The number of nitrogens with zero attached hydrogens (tertiary/aromatic N) is 3. The fourth-order valence-corrected chi connectivity index (χ4v) is 3.26. The standard InChI is InChI=1S/C19H26N4O/c1-4-16-7-5-6-12-23(16)19-20-14(2)13-18(22-19)21-15-8-10-17(24-3)11-9-15/h8-11,13,16H,4-7,12H2,1-3H3,(H,20,21,22). The maximum atomic E-state index is 5.20. The summed E-state index contributed by atoms with van der Waals surface area (Å²) >= 11 is 0. The summed E-state index contributed by atoms with van der Waals surface area (Å²) in [6.07, 6.45) is 4.89. The van der Waals surface area contributed by atoms with Crippen LogP contribution in [0, 0.1) is 6.92 Å². The number of hydrogen-bond donors (Lipinski definition) is 1. The van der Waals surface area contributed by atoms with E-state index >= 15 is 0 Å². The zero-order valence-electron chi connectivity index (χ0n) is 14.7. The van der Waals surface area contributed by atoms with Crippen molar-refractivity contribution in [1.82, 2.24) is 9.97 Å². The van der Waals surface area contributed by atoms with E-state index in [1.165, 1.54) is 19.3 Å². The monoisotopic (exact) mass is 326 g/mol. The Morgan fingerprint density at radius 2 is 2.00 bits per heavy atom. The van der Waals surface area contributed by atoms with Crippen molar-refractivity contribution in [3.8, 4) is 5.75 Å². The van der Waals surface area contributed by atoms with Crippen LogP contribution in [0.5, 0.6) is 5.75 Å². The number of piperidine rings is 1. The molecule has 1 aromatic heterocycles. The number of benzene rings is 1. The van der Waals surface area contributed by atoms with Crippen LogP contribution in [0.15, 0.2) is 30.3 Å². The van der Waals surface area contributed by atoms with E-state index in [2.05, 4.69) is 22.1 Å². The second-order valence-corrected chi connectivity index (χ2v) is 6.30. The highest BCUT2D eigenvalue weighted by Gasteiger charge is 2.23. The second-order valence-electron chi connectivity index (χ2n) is 6.30. The normalized spacial score (nSPS) is 17.6. The van der Waals surface area contributed by atoms with E-state index < -0.39 is 0 Å². The first kappa shape index (κ1) is 16.6. The van der Waals surface area contributed by atoms with Gasteiger partial charge < -0.3 is 15.0 Å². The molecule has 1 aromatic carbocycles. The molecule has 1 atom stereocenters. The lowest BCUT2D eigenvalue weighted by Gasteiger charge is -2.35. The number of anilines is 3. The van der Waals surface area contributed by atoms with Crippen LogP contribution in [0.2, 0.25) is 0 Å². The highest BCUT2D eigenvalue weighted by molar-refractivity contribution is 5.58. The first-order chi connectivity index (χ1) is 11.7. The molecule has 5 nitrogen and oxygen atoms in total. The summed E-state index contributed by atoms with van der Waals surface area (Å²) in [6.45, 7) is 5.31. The van der Waals surface area contributed by atoms with Gasteiger partial charge in [-0.05, 0) is 56.9 Å². The fraction of sp³-hybridized carbons (Fsp3) is 0.474. The summed E-state index contributed by atoms with van der Waals surface area (Å²) < 4.78 is 5.20. The van der Waals surface area contributed by atoms with E-state index in [0.29, 0.717) is 6.04 Å². The zero-order chi connectivity index (χ0) is 16.9. The highest BCUT2D eigenvalue weighted by atomic mass is 16.5. The number of hydrogen-bond acceptors (Lipinski definition) is 5. The average Bonchev–Trinajstić information content (AvgIpc) is 2.62. The van der Waals surface area contributed by atoms with E-state index in [4.69, 9.17) is 9.72 Å². The summed E-state index contributed by atoms with van der Waals surface area (Å²) in [5.41, 5.74) is 1.97. The number of aryl methyl sites for hydroxylation is 1. The Morgan fingerprint density at radius 1 is 1.21 bits per heavy atom. The van der Waals surface area contributed by atoms with Gasteiger partial charge in [0.05, 0.1) is 7.11 Å². The molecule has 3 rings (SSSR count). The molecule has 0 bridgehead atoms. The molecule has 5 heteroatoms. The van der Waals surface area contributed by atoms with E-state index in [1.807, 2.05) is 37.3 Å². The molecular weight excluding hydrogens is 300 g/mol. The predicted octanol–water partition coefficient (Wildman–Crippen LogP) is 4.31. The van der Waals surface area contributed by atoms with Crippen molar-refractivity contribution in [2.24, 2.45) is 0 Å². The number of ether oxygens (including phenoxy) is 1. The third-order valence-electron chi connectivity index (χ3n) is 4.56. The lowest BCUT2D eigenvalue weighted by Crippen LogP contribution is -2.40. The fourth-order valence-electron chi connectivity index (χ4n) is 3.26. The van der Waals surface area contributed by atoms with Gasteiger partial charge in [0.15, 0.2) is 0 Å². The first-order valence-electron chi connectivity index (χ1n) is 8.73. The van der Waals surface area contributed by atoms with Crippen LogP contribution in [0.1, 0.15) is 38.3 Å². The smallest absolute Gasteiger partial charge is 0.227 e. The minimum Gasteiger partial charge on any atom is -0.497 e. The van der Waals surface area contributed by atoms with Gasteiger partial charge in [0.25, 0.3) is 0 Å². The predicted molar refractivity (Wildman–Crippen MR) is 98.3 cm³/mol. The lowest BCUT2D eigenvalue weighted by molar-refractivity contribution is 0.415. The third-order valence-corrected chi connectivity index (χ3v) is 4.56. The Kier molecular flexibility index (Phi) is 5.18. The molecule has 0 amide bonds. The molecule has 0 aliphatic carbocycles. The molecule has 128 valence electrons. The maximum Gasteiger partial charge on any atom is 0.227 e. The van der Waals surface area contributed by atoms with Crippen molar-refractivity contribution in [1.29, 1.82) is 0 Å². The summed E-state index contributed by atoms with van der Waals surface area (Å²) in [4.78, 5) is 11.8. The molecule has 1 N–H and O–H groups in total. The molecule has 0 radical (unpaired) electrons. The molecule has 24 heavy (non-hydrogen) atoms. The summed E-state index contributed by atoms with van der Waals surface area (Å²) in [5.74, 6) is 2.53. The van der Waals surface area contributed by atoms with E-state index in [9.17, 15) is 0 Å². The third kappa shape index (κ3) is 3.78. The molecule has 1 aliphatic heterocycles. The van der Waals surface area contributed by atoms with Gasteiger partial charge in [0, 0.05) is 30.0 Å². The Labute approximate surface area is 144 Å². The van der Waals surface area contributed by atoms with E-state index in [0.717, 1.165) is 41.9 Å². The molecule has 0 spiro atoms. The molecule has 1 unspecified atom stereocenters. The Hall–Kier alpha value is -2.30. The number of rotatable bonds is 5. The van der Waals surface area contributed by atoms with Crippen molar-refractivity contribution < 1.29 is 4.74 Å². The Morgan fingerprint density at radius 3 is 2.71 bits per heavy atom. The van der Waals surface area contributed by atoms with E-state index in [1.54, 1.807) is 7.11 Å². The van der Waals surface area contributed by atoms with Crippen molar-refractivity contribution in [2.45, 2.75) is 45.6 Å². The minimum absolute atomic E-state index is 0.550. The van der Waals surface area contributed by atoms with Crippen molar-refractivity contribution in [3.63, 3.8) is 0 Å². The van der Waals surface area contributed by atoms with Crippen molar-refractivity contribution in [2.75, 3.05) is 23.9 Å². The number of methoxy groups -OCH3 is 1. The summed E-state index contributed by atoms with van der Waals surface area (Å²) in [6, 6.07) is 10.4. The van der Waals surface area contributed by atoms with Gasteiger partial charge in [-0.3, -0.25) is 0 Å². The van der Waals surface area contributed by atoms with Crippen LogP contribution in [0.4, 0.5) is 17.5 Å². The zero-order valence-corrected chi connectivity index (χ0v) is 14.7. The maximum absolute atomic E-state index is 5.20. The molecule has 1 fully saturated rings. The van der Waals surface area contributed by atoms with Crippen LogP contribution >= 0.6 is 0 Å². The van der Waals surface area contributed by atoms with Gasteiger partial charge >= 0.3 is 0 Å². The van der Waals surface area contributed by atoms with Crippen LogP contribution in [-0.4, -0.2) is 29.7 Å². The van der Waals surface area contributed by atoms with Gasteiger partial charge in [-0.2, -0.15) is 4.98 Å². The van der Waals surface area contributed by atoms with Crippen LogP contribution < -0.4 is 15.0 Å². The van der Waals surface area contributed by atoms with Gasteiger partial charge in [-0.25, -0.2) is 4.98 Å². The Bertz CT molecular complexity index is 672. The van der Waals surface area contributed by atoms with Crippen LogP contribution in [0.25, 0.3) is 0 Å². The summed E-state index contributed by atoms with van der Waals surface area (Å²) in [7, 11) is 1.67. The van der Waals surface area contributed by atoms with Gasteiger partial charge in [-0.1, -0.05) is 6.92 Å². The molecule has 0 saturated carbocycles. The Balaban J connectivity index is 1.82. The van der Waals surface area contributed by atoms with Gasteiger partial charge in [0.2, 0.25) is 5.95 Å². The molecule has 2 aromatic rings. The molecule has 2 heterocycles. The summed E-state index contributed by atoms with van der Waals surface area (Å²) in [5, 5.41) is 3.38. The number of nitrogens with one attached hydrogen (secondary N) is 1. The van der Waals surface area contributed by atoms with Gasteiger partial charge in [0.1, 0.15) is 11.6 Å². The quantitative estimate of drug-likeness (QED) is 0.887. The minimum atomic E-state index is 0.550. The topological polar surface area (TPSA) is 50.3 Å². The molecule has 1 saturated heterocycles. The van der Waals surface area contributed by atoms with Crippen molar-refractivity contribution >= 4 is 17.5 Å². The van der Waals surface area contributed by atoms with Crippen molar-refractivity contribution in [3.05, 3.63) is 36.0 Å². The lowest BCUT2D eigenvalue weighted by atomic mass is 10.0. The largest absolute Gasteiger partial charge is 0.497 e.